The van der Waals surface area contributed by atoms with Crippen LogP contribution in [0.4, 0.5) is 0 Å². The molecule has 2 aromatic heterocycles. The first kappa shape index (κ1) is 6.65. The fraction of sp³-hybridized carbons (Fsp3) is 0. The van der Waals surface area contributed by atoms with Gasteiger partial charge < -0.3 is 0 Å². The molecule has 7 nitrogen and oxygen atoms in total. The smallest absolute Gasteiger partial charge is 0.184 e. The third-order valence-corrected chi connectivity index (χ3v) is 1.15. The van der Waals surface area contributed by atoms with E-state index in [1.54, 1.807) is 0 Å². The Balaban J connectivity index is 2.46. The lowest BCUT2D eigenvalue weighted by Gasteiger charge is -1.91. The predicted molar refractivity (Wildman–Crippen MR) is 36.4 cm³/mol. The molecule has 0 aliphatic heterocycles. The molecule has 2 aromatic rings. The summed E-state index contributed by atoms with van der Waals surface area (Å²) in [7, 11) is 0. The maximum atomic E-state index is 3.86. The van der Waals surface area contributed by atoms with Crippen LogP contribution in [-0.2, 0) is 0 Å². The summed E-state index contributed by atoms with van der Waals surface area (Å²) in [6.07, 6.45) is 4.19. The van der Waals surface area contributed by atoms with Crippen molar-refractivity contribution in [3.8, 4) is 11.5 Å². The van der Waals surface area contributed by atoms with Crippen LogP contribution < -0.4 is 0 Å². The van der Waals surface area contributed by atoms with Gasteiger partial charge in [0.2, 0.25) is 0 Å². The van der Waals surface area contributed by atoms with Gasteiger partial charge in [-0.2, -0.15) is 0 Å². The van der Waals surface area contributed by atoms with Crippen LogP contribution in [0.3, 0.4) is 0 Å². The molecule has 0 aliphatic rings. The van der Waals surface area contributed by atoms with Gasteiger partial charge in [-0.1, -0.05) is 0 Å². The van der Waals surface area contributed by atoms with Gasteiger partial charge in [0.25, 0.3) is 0 Å². The van der Waals surface area contributed by atoms with E-state index in [1.165, 1.54) is 18.9 Å². The van der Waals surface area contributed by atoms with Gasteiger partial charge in [0.05, 0.1) is 6.20 Å². The first-order valence-electron chi connectivity index (χ1n) is 3.10. The molecule has 0 radical (unpaired) electrons. The van der Waals surface area contributed by atoms with Gasteiger partial charge in [0.15, 0.2) is 11.5 Å². The zero-order valence-electron chi connectivity index (χ0n) is 5.86. The second-order valence-electron chi connectivity index (χ2n) is 1.87. The minimum Gasteiger partial charge on any atom is -0.225 e. The van der Waals surface area contributed by atoms with E-state index in [4.69, 9.17) is 0 Å². The van der Waals surface area contributed by atoms with Crippen molar-refractivity contribution in [2.75, 3.05) is 0 Å². The topological polar surface area (TPSA) is 90.2 Å². The van der Waals surface area contributed by atoms with Crippen molar-refractivity contribution in [3.63, 3.8) is 0 Å². The van der Waals surface area contributed by atoms with Crippen molar-refractivity contribution in [2.24, 2.45) is 0 Å². The SMILES string of the molecule is c1ncnc(-c2cnnnn2)n1. The average Bonchev–Trinajstić information content (AvgIpc) is 2.21. The summed E-state index contributed by atoms with van der Waals surface area (Å²) in [5, 5.41) is 13.8. The van der Waals surface area contributed by atoms with E-state index >= 15 is 0 Å². The highest BCUT2D eigenvalue weighted by molar-refractivity contribution is 5.44. The van der Waals surface area contributed by atoms with E-state index in [2.05, 4.69) is 35.6 Å². The number of hydrogen-bond acceptors (Lipinski definition) is 7. The largest absolute Gasteiger partial charge is 0.225 e. The van der Waals surface area contributed by atoms with E-state index in [0.717, 1.165) is 0 Å². The first-order valence-corrected chi connectivity index (χ1v) is 3.10. The highest BCUT2D eigenvalue weighted by Gasteiger charge is 2.00. The minimum absolute atomic E-state index is 0.437. The lowest BCUT2D eigenvalue weighted by Crippen LogP contribution is -1.96. The normalized spacial score (nSPS) is 9.67. The summed E-state index contributed by atoms with van der Waals surface area (Å²) in [5.74, 6) is 0.437. The molecule has 0 fully saturated rings. The van der Waals surface area contributed by atoms with Crippen molar-refractivity contribution in [1.29, 1.82) is 0 Å². The zero-order chi connectivity index (χ0) is 8.23. The highest BCUT2D eigenvalue weighted by Crippen LogP contribution is 2.03. The Morgan fingerprint density at radius 1 is 1.00 bits per heavy atom. The molecule has 7 heteroatoms. The summed E-state index contributed by atoms with van der Waals surface area (Å²) >= 11 is 0. The van der Waals surface area contributed by atoms with Crippen LogP contribution >= 0.6 is 0 Å². The third-order valence-electron chi connectivity index (χ3n) is 1.15. The molecule has 0 spiro atoms. The monoisotopic (exact) mass is 161 g/mol. The molecule has 2 rings (SSSR count). The van der Waals surface area contributed by atoms with Gasteiger partial charge in [0, 0.05) is 0 Å². The van der Waals surface area contributed by atoms with Crippen LogP contribution in [0.1, 0.15) is 0 Å². The van der Waals surface area contributed by atoms with Crippen molar-refractivity contribution < 1.29 is 0 Å². The van der Waals surface area contributed by atoms with Crippen LogP contribution in [0.15, 0.2) is 18.9 Å². The second-order valence-corrected chi connectivity index (χ2v) is 1.87. The van der Waals surface area contributed by atoms with Crippen LogP contribution in [0.5, 0.6) is 0 Å². The molecule has 0 N–H and O–H groups in total. The van der Waals surface area contributed by atoms with E-state index in [0.29, 0.717) is 11.5 Å². The maximum absolute atomic E-state index is 3.86. The second kappa shape index (κ2) is 2.91. The summed E-state index contributed by atoms with van der Waals surface area (Å²) < 4.78 is 0. The molecular weight excluding hydrogens is 158 g/mol. The summed E-state index contributed by atoms with van der Waals surface area (Å²) in [4.78, 5) is 11.4. The van der Waals surface area contributed by atoms with Gasteiger partial charge in [-0.25, -0.2) is 15.0 Å². The van der Waals surface area contributed by atoms with Gasteiger partial charge >= 0.3 is 0 Å². The first-order chi connectivity index (χ1) is 5.97. The summed E-state index contributed by atoms with van der Waals surface area (Å²) in [6.45, 7) is 0. The Bertz CT molecular complexity index is 309. The molecule has 0 atom stereocenters. The van der Waals surface area contributed by atoms with Gasteiger partial charge in [-0.05, 0) is 10.4 Å². The van der Waals surface area contributed by atoms with Crippen LogP contribution in [0, 0.1) is 0 Å². The highest BCUT2D eigenvalue weighted by atomic mass is 15.4. The Morgan fingerprint density at radius 3 is 2.50 bits per heavy atom. The number of hydrogen-bond donors (Lipinski definition) is 0. The standard InChI is InChI=1S/C5H3N7/c1-4(10-12-11-9-1)5-7-2-6-3-8-5/h1-3H. The van der Waals surface area contributed by atoms with Crippen molar-refractivity contribution in [1.82, 2.24) is 35.6 Å². The fourth-order valence-electron chi connectivity index (χ4n) is 0.672. The third kappa shape index (κ3) is 1.19. The molecule has 0 bridgehead atoms. The summed E-state index contributed by atoms with van der Waals surface area (Å²) in [6, 6.07) is 0. The fourth-order valence-corrected chi connectivity index (χ4v) is 0.672. The van der Waals surface area contributed by atoms with Crippen molar-refractivity contribution >= 4 is 0 Å². The lowest BCUT2D eigenvalue weighted by atomic mass is 10.4. The molecule has 58 valence electrons. The van der Waals surface area contributed by atoms with Crippen molar-refractivity contribution in [3.05, 3.63) is 18.9 Å². The number of nitrogens with zero attached hydrogens (tertiary/aromatic N) is 7. The quantitative estimate of drug-likeness (QED) is 0.536. The summed E-state index contributed by atoms with van der Waals surface area (Å²) in [5.41, 5.74) is 0.479. The molecular formula is C5H3N7. The van der Waals surface area contributed by atoms with Crippen LogP contribution in [0.25, 0.3) is 11.5 Å². The molecule has 12 heavy (non-hydrogen) atoms. The van der Waals surface area contributed by atoms with Gasteiger partial charge in [-0.15, -0.1) is 10.2 Å². The Morgan fingerprint density at radius 2 is 1.83 bits per heavy atom. The lowest BCUT2D eigenvalue weighted by molar-refractivity contribution is 0.762. The minimum atomic E-state index is 0.437. The van der Waals surface area contributed by atoms with Gasteiger partial charge in [0.1, 0.15) is 12.7 Å². The number of rotatable bonds is 1. The van der Waals surface area contributed by atoms with Crippen molar-refractivity contribution in [2.45, 2.75) is 0 Å². The molecule has 0 aliphatic carbocycles. The van der Waals surface area contributed by atoms with Crippen LogP contribution in [0.2, 0.25) is 0 Å². The molecule has 0 unspecified atom stereocenters. The van der Waals surface area contributed by atoms with E-state index < -0.39 is 0 Å². The average molecular weight is 161 g/mol. The molecule has 0 saturated carbocycles. The van der Waals surface area contributed by atoms with Crippen LogP contribution in [-0.4, -0.2) is 35.6 Å². The van der Waals surface area contributed by atoms with E-state index in [1.807, 2.05) is 0 Å². The predicted octanol–water partition coefficient (Wildman–Crippen LogP) is -0.881. The molecule has 0 aromatic carbocycles. The van der Waals surface area contributed by atoms with E-state index in [-0.39, 0.29) is 0 Å². The molecule has 0 saturated heterocycles. The number of aromatic nitrogens is 7. The Hall–Kier alpha value is -2.05. The Kier molecular flexibility index (Phi) is 1.61. The zero-order valence-corrected chi connectivity index (χ0v) is 5.86. The van der Waals surface area contributed by atoms with E-state index in [9.17, 15) is 0 Å². The Labute approximate surface area is 66.9 Å². The molecule has 2 heterocycles. The maximum Gasteiger partial charge on any atom is 0.184 e. The molecule has 0 amide bonds. The van der Waals surface area contributed by atoms with Gasteiger partial charge in [-0.3, -0.25) is 0 Å².